The summed E-state index contributed by atoms with van der Waals surface area (Å²) < 4.78 is 5.07. The molecule has 0 spiro atoms. The van der Waals surface area contributed by atoms with Gasteiger partial charge in [0, 0.05) is 5.56 Å². The quantitative estimate of drug-likeness (QED) is 0.615. The third-order valence-corrected chi connectivity index (χ3v) is 4.22. The Bertz CT molecular complexity index is 833. The van der Waals surface area contributed by atoms with E-state index in [0.717, 1.165) is 6.42 Å². The predicted octanol–water partition coefficient (Wildman–Crippen LogP) is 3.32. The molecule has 0 aromatic heterocycles. The van der Waals surface area contributed by atoms with Crippen molar-refractivity contribution in [3.8, 4) is 5.75 Å². The minimum absolute atomic E-state index is 0.201. The van der Waals surface area contributed by atoms with Crippen molar-refractivity contribution in [2.24, 2.45) is 0 Å². The number of hydrogen-bond donors (Lipinski definition) is 3. The highest BCUT2D eigenvalue weighted by Crippen LogP contribution is 2.18. The van der Waals surface area contributed by atoms with Gasteiger partial charge in [0.1, 0.15) is 11.8 Å². The van der Waals surface area contributed by atoms with Crippen LogP contribution in [0.4, 0.5) is 5.69 Å². The van der Waals surface area contributed by atoms with Gasteiger partial charge >= 0.3 is 5.97 Å². The van der Waals surface area contributed by atoms with Gasteiger partial charge in [-0.05, 0) is 42.8 Å². The molecular weight excluding hydrogens is 360 g/mol. The fraction of sp³-hybridized carbons (Fsp3) is 0.286. The van der Waals surface area contributed by atoms with Crippen LogP contribution in [0.15, 0.2) is 48.5 Å². The number of carboxylic acids is 1. The molecule has 0 aliphatic carbocycles. The molecule has 7 heteroatoms. The van der Waals surface area contributed by atoms with Crippen molar-refractivity contribution >= 4 is 23.5 Å². The topological polar surface area (TPSA) is 105 Å². The second kappa shape index (κ2) is 10.1. The Morgan fingerprint density at radius 2 is 1.71 bits per heavy atom. The van der Waals surface area contributed by atoms with Crippen LogP contribution in [0.1, 0.15) is 46.9 Å². The zero-order valence-electron chi connectivity index (χ0n) is 15.9. The molecule has 0 fully saturated rings. The molecule has 148 valence electrons. The number of methoxy groups -OCH3 is 1. The third-order valence-electron chi connectivity index (χ3n) is 4.22. The van der Waals surface area contributed by atoms with Crippen LogP contribution in [0.5, 0.6) is 5.75 Å². The molecule has 1 unspecified atom stereocenters. The Labute approximate surface area is 163 Å². The number of ether oxygens (including phenoxy) is 1. The van der Waals surface area contributed by atoms with E-state index in [-0.39, 0.29) is 11.5 Å². The van der Waals surface area contributed by atoms with E-state index in [1.807, 2.05) is 6.92 Å². The number of carbonyl (C=O) groups is 3. The summed E-state index contributed by atoms with van der Waals surface area (Å²) in [6, 6.07) is 12.1. The van der Waals surface area contributed by atoms with Crippen molar-refractivity contribution in [3.63, 3.8) is 0 Å². The van der Waals surface area contributed by atoms with E-state index in [2.05, 4.69) is 10.6 Å². The molecule has 0 aliphatic heterocycles. The number of carboxylic acid groups (broad SMARTS) is 1. The van der Waals surface area contributed by atoms with Crippen LogP contribution in [0, 0.1) is 0 Å². The predicted molar refractivity (Wildman–Crippen MR) is 106 cm³/mol. The van der Waals surface area contributed by atoms with Gasteiger partial charge in [-0.15, -0.1) is 0 Å². The molecule has 2 aromatic rings. The van der Waals surface area contributed by atoms with E-state index >= 15 is 0 Å². The lowest BCUT2D eigenvalue weighted by Crippen LogP contribution is -2.41. The lowest BCUT2D eigenvalue weighted by atomic mass is 10.1. The lowest BCUT2D eigenvalue weighted by Gasteiger charge is -2.16. The van der Waals surface area contributed by atoms with E-state index in [9.17, 15) is 19.5 Å². The summed E-state index contributed by atoms with van der Waals surface area (Å²) >= 11 is 0. The van der Waals surface area contributed by atoms with E-state index in [0.29, 0.717) is 29.8 Å². The minimum Gasteiger partial charge on any atom is -0.497 e. The number of carbonyl (C=O) groups excluding carboxylic acids is 2. The minimum atomic E-state index is -1.08. The third kappa shape index (κ3) is 5.57. The molecule has 2 amide bonds. The van der Waals surface area contributed by atoms with E-state index in [1.54, 1.807) is 42.5 Å². The van der Waals surface area contributed by atoms with Gasteiger partial charge in [0.15, 0.2) is 0 Å². The Kier molecular flexibility index (Phi) is 7.56. The summed E-state index contributed by atoms with van der Waals surface area (Å²) in [5, 5.41) is 14.5. The first-order valence-corrected chi connectivity index (χ1v) is 9.04. The average molecular weight is 384 g/mol. The van der Waals surface area contributed by atoms with Crippen LogP contribution < -0.4 is 15.4 Å². The van der Waals surface area contributed by atoms with Crippen LogP contribution in [-0.4, -0.2) is 36.0 Å². The molecule has 0 saturated carbocycles. The Hall–Kier alpha value is -3.35. The van der Waals surface area contributed by atoms with Gasteiger partial charge in [0.05, 0.1) is 18.4 Å². The molecule has 3 N–H and O–H groups in total. The van der Waals surface area contributed by atoms with Gasteiger partial charge in [0.25, 0.3) is 11.8 Å². The first kappa shape index (κ1) is 21.0. The fourth-order valence-corrected chi connectivity index (χ4v) is 2.63. The highest BCUT2D eigenvalue weighted by molar-refractivity contribution is 6.09. The standard InChI is InChI=1S/C21H24N2O5/c1-3-4-8-18(21(26)27)23-20(25)16-7-5-6-9-17(16)22-19(24)14-10-12-15(28-2)13-11-14/h5-7,9-13,18H,3-4,8H2,1-2H3,(H,22,24)(H,23,25)(H,26,27). The molecule has 2 rings (SSSR count). The normalized spacial score (nSPS) is 11.4. The van der Waals surface area contributed by atoms with Crippen LogP contribution in [0.2, 0.25) is 0 Å². The summed E-state index contributed by atoms with van der Waals surface area (Å²) in [5.74, 6) is -1.39. The van der Waals surface area contributed by atoms with Crippen molar-refractivity contribution < 1.29 is 24.2 Å². The number of rotatable bonds is 9. The number of anilines is 1. The van der Waals surface area contributed by atoms with Crippen LogP contribution in [-0.2, 0) is 4.79 Å². The van der Waals surface area contributed by atoms with Crippen molar-refractivity contribution in [1.29, 1.82) is 0 Å². The van der Waals surface area contributed by atoms with Gasteiger partial charge in [-0.2, -0.15) is 0 Å². The number of unbranched alkanes of at least 4 members (excludes halogenated alkanes) is 1. The largest absolute Gasteiger partial charge is 0.497 e. The van der Waals surface area contributed by atoms with E-state index in [1.165, 1.54) is 13.2 Å². The molecule has 0 aliphatic rings. The summed E-state index contributed by atoms with van der Waals surface area (Å²) in [6.07, 6.45) is 1.86. The Morgan fingerprint density at radius 1 is 1.04 bits per heavy atom. The van der Waals surface area contributed by atoms with Gasteiger partial charge in [-0.3, -0.25) is 9.59 Å². The lowest BCUT2D eigenvalue weighted by molar-refractivity contribution is -0.139. The molecule has 0 bridgehead atoms. The fourth-order valence-electron chi connectivity index (χ4n) is 2.63. The van der Waals surface area contributed by atoms with Gasteiger partial charge in [-0.1, -0.05) is 31.9 Å². The number of nitrogens with one attached hydrogen (secondary N) is 2. The average Bonchev–Trinajstić information content (AvgIpc) is 2.71. The summed E-state index contributed by atoms with van der Waals surface area (Å²) in [6.45, 7) is 1.95. The zero-order chi connectivity index (χ0) is 20.5. The van der Waals surface area contributed by atoms with E-state index in [4.69, 9.17) is 4.74 Å². The van der Waals surface area contributed by atoms with Crippen LogP contribution >= 0.6 is 0 Å². The smallest absolute Gasteiger partial charge is 0.326 e. The number of amides is 2. The summed E-state index contributed by atoms with van der Waals surface area (Å²) in [5.41, 5.74) is 0.912. The molecule has 0 heterocycles. The second-order valence-electron chi connectivity index (χ2n) is 6.23. The molecule has 2 aromatic carbocycles. The maximum absolute atomic E-state index is 12.6. The van der Waals surface area contributed by atoms with Crippen molar-refractivity contribution in [2.45, 2.75) is 32.2 Å². The SMILES string of the molecule is CCCCC(NC(=O)c1ccccc1NC(=O)c1ccc(OC)cc1)C(=O)O. The Balaban J connectivity index is 2.15. The highest BCUT2D eigenvalue weighted by atomic mass is 16.5. The van der Waals surface area contributed by atoms with Crippen LogP contribution in [0.3, 0.4) is 0 Å². The van der Waals surface area contributed by atoms with E-state index < -0.39 is 17.9 Å². The number of aliphatic carboxylic acids is 1. The van der Waals surface area contributed by atoms with Gasteiger partial charge in [0.2, 0.25) is 0 Å². The first-order chi connectivity index (χ1) is 13.5. The Morgan fingerprint density at radius 3 is 2.32 bits per heavy atom. The maximum Gasteiger partial charge on any atom is 0.326 e. The molecular formula is C21H24N2O5. The second-order valence-corrected chi connectivity index (χ2v) is 6.23. The molecule has 0 saturated heterocycles. The van der Waals surface area contributed by atoms with Crippen molar-refractivity contribution in [1.82, 2.24) is 5.32 Å². The van der Waals surface area contributed by atoms with Gasteiger partial charge < -0.3 is 20.5 Å². The summed E-state index contributed by atoms with van der Waals surface area (Å²) in [4.78, 5) is 36.5. The monoisotopic (exact) mass is 384 g/mol. The zero-order valence-corrected chi connectivity index (χ0v) is 15.9. The van der Waals surface area contributed by atoms with Crippen molar-refractivity contribution in [3.05, 3.63) is 59.7 Å². The summed E-state index contributed by atoms with van der Waals surface area (Å²) in [7, 11) is 1.54. The molecule has 1 atom stereocenters. The molecule has 28 heavy (non-hydrogen) atoms. The molecule has 0 radical (unpaired) electrons. The highest BCUT2D eigenvalue weighted by Gasteiger charge is 2.22. The maximum atomic E-state index is 12.6. The van der Waals surface area contributed by atoms with Crippen LogP contribution in [0.25, 0.3) is 0 Å². The number of benzene rings is 2. The first-order valence-electron chi connectivity index (χ1n) is 9.04. The van der Waals surface area contributed by atoms with Crippen molar-refractivity contribution in [2.75, 3.05) is 12.4 Å². The van der Waals surface area contributed by atoms with Gasteiger partial charge in [-0.25, -0.2) is 4.79 Å². The number of hydrogen-bond acceptors (Lipinski definition) is 4. The number of para-hydroxylation sites is 1. The molecule has 7 nitrogen and oxygen atoms in total.